The summed E-state index contributed by atoms with van der Waals surface area (Å²) in [5.74, 6) is -3.64. The molecule has 38 heavy (non-hydrogen) atoms. The first-order chi connectivity index (χ1) is 18.1. The van der Waals surface area contributed by atoms with E-state index in [-0.39, 0.29) is 19.3 Å². The molecule has 0 aliphatic rings. The fourth-order valence-electron chi connectivity index (χ4n) is 3.51. The minimum absolute atomic E-state index is 0.0143. The Morgan fingerprint density at radius 3 is 2.18 bits per heavy atom. The van der Waals surface area contributed by atoms with Gasteiger partial charge in [0.1, 0.15) is 18.1 Å². The van der Waals surface area contributed by atoms with Crippen LogP contribution in [0, 0.1) is 0 Å². The Morgan fingerprint density at radius 1 is 0.974 bits per heavy atom. The van der Waals surface area contributed by atoms with Crippen LogP contribution in [-0.2, 0) is 36.8 Å². The SMILES string of the molecule is CSCCC(NC(=O)C(N)CC(N)=O)C(=O)NC(Cc1cnc[nH]1)C(=O)NC(Cc1ccccc1)C(=O)O. The predicted octanol–water partition coefficient (Wildman–Crippen LogP) is -1.31. The lowest BCUT2D eigenvalue weighted by Crippen LogP contribution is -2.58. The molecule has 14 heteroatoms. The van der Waals surface area contributed by atoms with Crippen LogP contribution in [0.3, 0.4) is 0 Å². The van der Waals surface area contributed by atoms with Gasteiger partial charge in [0.2, 0.25) is 23.6 Å². The molecular weight excluding hydrogens is 514 g/mol. The quantitative estimate of drug-likeness (QED) is 0.132. The Hall–Kier alpha value is -3.91. The van der Waals surface area contributed by atoms with Crippen LogP contribution < -0.4 is 27.4 Å². The molecule has 2 rings (SSSR count). The lowest BCUT2D eigenvalue weighted by atomic mass is 10.0. The molecule has 4 atom stereocenters. The van der Waals surface area contributed by atoms with Crippen molar-refractivity contribution in [3.8, 4) is 0 Å². The molecule has 1 aromatic carbocycles. The molecule has 0 spiro atoms. The number of hydrogen-bond donors (Lipinski definition) is 7. The van der Waals surface area contributed by atoms with Crippen molar-refractivity contribution in [2.24, 2.45) is 11.5 Å². The number of aromatic nitrogens is 2. The number of carbonyl (C=O) groups excluding carboxylic acids is 4. The summed E-state index contributed by atoms with van der Waals surface area (Å²) in [7, 11) is 0. The number of nitrogens with two attached hydrogens (primary N) is 2. The second-order valence-electron chi connectivity index (χ2n) is 8.55. The number of H-pyrrole nitrogens is 1. The zero-order valence-corrected chi connectivity index (χ0v) is 21.7. The molecule has 0 aliphatic carbocycles. The highest BCUT2D eigenvalue weighted by molar-refractivity contribution is 7.98. The zero-order valence-electron chi connectivity index (χ0n) is 20.9. The Bertz CT molecular complexity index is 1080. The maximum Gasteiger partial charge on any atom is 0.326 e. The van der Waals surface area contributed by atoms with Gasteiger partial charge in [-0.25, -0.2) is 9.78 Å². The number of carbonyl (C=O) groups is 5. The largest absolute Gasteiger partial charge is 0.480 e. The molecule has 1 heterocycles. The number of imidazole rings is 1. The normalized spacial score (nSPS) is 13.9. The molecule has 0 saturated heterocycles. The van der Waals surface area contributed by atoms with Crippen molar-refractivity contribution in [3.63, 3.8) is 0 Å². The standard InChI is InChI=1S/C24H33N7O6S/c1-38-8-7-17(29-21(33)16(25)11-20(26)32)22(34)30-18(10-15-12-27-13-28-15)23(35)31-19(24(36)37)9-14-5-3-2-4-6-14/h2-6,12-13,16-19H,7-11,25H2,1H3,(H2,26,32)(H,27,28)(H,29,33)(H,30,34)(H,31,35)(H,36,37). The molecule has 4 unspecified atom stereocenters. The van der Waals surface area contributed by atoms with Crippen LogP contribution in [0.15, 0.2) is 42.9 Å². The van der Waals surface area contributed by atoms with Gasteiger partial charge in [0.15, 0.2) is 0 Å². The number of nitrogens with one attached hydrogen (secondary N) is 4. The van der Waals surface area contributed by atoms with Gasteiger partial charge in [0, 0.05) is 24.7 Å². The number of thioether (sulfide) groups is 1. The molecule has 2 aromatic rings. The molecular formula is C24H33N7O6S. The number of amides is 4. The summed E-state index contributed by atoms with van der Waals surface area (Å²) in [5.41, 5.74) is 12.0. The lowest BCUT2D eigenvalue weighted by Gasteiger charge is -2.25. The molecule has 0 radical (unpaired) electrons. The van der Waals surface area contributed by atoms with Crippen LogP contribution in [0.5, 0.6) is 0 Å². The number of nitrogens with zero attached hydrogens (tertiary/aromatic N) is 1. The molecule has 0 fully saturated rings. The summed E-state index contributed by atoms with van der Waals surface area (Å²) in [6, 6.07) is 4.06. The van der Waals surface area contributed by atoms with Gasteiger partial charge in [-0.2, -0.15) is 11.8 Å². The van der Waals surface area contributed by atoms with E-state index in [4.69, 9.17) is 11.5 Å². The van der Waals surface area contributed by atoms with E-state index in [9.17, 15) is 29.1 Å². The average Bonchev–Trinajstić information content (AvgIpc) is 3.38. The highest BCUT2D eigenvalue weighted by Crippen LogP contribution is 2.07. The minimum Gasteiger partial charge on any atom is -0.480 e. The molecule has 9 N–H and O–H groups in total. The lowest BCUT2D eigenvalue weighted by molar-refractivity contribution is -0.142. The van der Waals surface area contributed by atoms with Gasteiger partial charge >= 0.3 is 5.97 Å². The van der Waals surface area contributed by atoms with E-state index in [0.717, 1.165) is 0 Å². The van der Waals surface area contributed by atoms with Crippen LogP contribution in [0.1, 0.15) is 24.1 Å². The fraction of sp³-hybridized carbons (Fsp3) is 0.417. The smallest absolute Gasteiger partial charge is 0.326 e. The molecule has 1 aromatic heterocycles. The summed E-state index contributed by atoms with van der Waals surface area (Å²) in [5, 5.41) is 17.3. The zero-order chi connectivity index (χ0) is 28.1. The van der Waals surface area contributed by atoms with Gasteiger partial charge in [-0.1, -0.05) is 30.3 Å². The summed E-state index contributed by atoms with van der Waals surface area (Å²) in [4.78, 5) is 68.6. The molecule has 0 aliphatic heterocycles. The summed E-state index contributed by atoms with van der Waals surface area (Å²) in [6.07, 6.45) is 4.54. The van der Waals surface area contributed by atoms with Crippen molar-refractivity contribution in [1.29, 1.82) is 0 Å². The monoisotopic (exact) mass is 547 g/mol. The number of aromatic amines is 1. The van der Waals surface area contributed by atoms with Gasteiger partial charge in [0.05, 0.1) is 18.8 Å². The van der Waals surface area contributed by atoms with Crippen LogP contribution in [0.4, 0.5) is 0 Å². The maximum atomic E-state index is 13.2. The predicted molar refractivity (Wildman–Crippen MR) is 141 cm³/mol. The van der Waals surface area contributed by atoms with Crippen LogP contribution in [0.2, 0.25) is 0 Å². The number of carboxylic acid groups (broad SMARTS) is 1. The van der Waals surface area contributed by atoms with Crippen LogP contribution in [-0.4, -0.2) is 80.8 Å². The number of hydrogen-bond acceptors (Lipinski definition) is 8. The number of rotatable bonds is 16. The van der Waals surface area contributed by atoms with E-state index in [1.54, 1.807) is 30.3 Å². The highest BCUT2D eigenvalue weighted by atomic mass is 32.2. The van der Waals surface area contributed by atoms with E-state index in [1.807, 2.05) is 6.26 Å². The van der Waals surface area contributed by atoms with E-state index in [2.05, 4.69) is 25.9 Å². The Labute approximate surface area is 223 Å². The number of carboxylic acids is 1. The van der Waals surface area contributed by atoms with Gasteiger partial charge in [0.25, 0.3) is 0 Å². The fourth-order valence-corrected chi connectivity index (χ4v) is 3.98. The molecule has 0 saturated carbocycles. The van der Waals surface area contributed by atoms with Crippen molar-refractivity contribution < 1.29 is 29.1 Å². The minimum atomic E-state index is -1.25. The molecule has 0 bridgehead atoms. The third-order valence-corrected chi connectivity index (χ3v) is 6.15. The van der Waals surface area contributed by atoms with Crippen molar-refractivity contribution in [3.05, 3.63) is 54.1 Å². The third kappa shape index (κ3) is 10.2. The highest BCUT2D eigenvalue weighted by Gasteiger charge is 2.31. The van der Waals surface area contributed by atoms with E-state index in [0.29, 0.717) is 17.0 Å². The Kier molecular flexibility index (Phi) is 12.3. The third-order valence-electron chi connectivity index (χ3n) is 5.51. The number of benzene rings is 1. The molecule has 13 nitrogen and oxygen atoms in total. The van der Waals surface area contributed by atoms with Gasteiger partial charge in [-0.3, -0.25) is 19.2 Å². The van der Waals surface area contributed by atoms with E-state index in [1.165, 1.54) is 24.3 Å². The van der Waals surface area contributed by atoms with Gasteiger partial charge in [-0.05, 0) is 24.0 Å². The van der Waals surface area contributed by atoms with Crippen molar-refractivity contribution in [1.82, 2.24) is 25.9 Å². The summed E-state index contributed by atoms with van der Waals surface area (Å²) < 4.78 is 0. The maximum absolute atomic E-state index is 13.2. The second-order valence-corrected chi connectivity index (χ2v) is 9.54. The van der Waals surface area contributed by atoms with Crippen molar-refractivity contribution in [2.75, 3.05) is 12.0 Å². The second kappa shape index (κ2) is 15.4. The Morgan fingerprint density at radius 2 is 1.61 bits per heavy atom. The Balaban J connectivity index is 2.19. The van der Waals surface area contributed by atoms with E-state index < -0.39 is 60.2 Å². The van der Waals surface area contributed by atoms with Gasteiger partial charge in [-0.15, -0.1) is 0 Å². The van der Waals surface area contributed by atoms with Crippen molar-refractivity contribution in [2.45, 2.75) is 49.9 Å². The number of primary amides is 1. The first-order valence-electron chi connectivity index (χ1n) is 11.8. The first-order valence-corrected chi connectivity index (χ1v) is 13.2. The topological polar surface area (TPSA) is 222 Å². The van der Waals surface area contributed by atoms with Crippen LogP contribution in [0.25, 0.3) is 0 Å². The summed E-state index contributed by atoms with van der Waals surface area (Å²) in [6.45, 7) is 0. The average molecular weight is 548 g/mol. The molecule has 206 valence electrons. The summed E-state index contributed by atoms with van der Waals surface area (Å²) >= 11 is 1.44. The molecule has 4 amide bonds. The van der Waals surface area contributed by atoms with E-state index >= 15 is 0 Å². The van der Waals surface area contributed by atoms with Crippen molar-refractivity contribution >= 4 is 41.4 Å². The van der Waals surface area contributed by atoms with Crippen LogP contribution >= 0.6 is 11.8 Å². The first kappa shape index (κ1) is 30.3. The number of aliphatic carboxylic acids is 1. The van der Waals surface area contributed by atoms with Gasteiger partial charge < -0.3 is 37.5 Å².